The minimum atomic E-state index is -3.49. The molecule has 9 heteroatoms. The van der Waals surface area contributed by atoms with Gasteiger partial charge in [0.25, 0.3) is 0 Å². The third-order valence-corrected chi connectivity index (χ3v) is 8.09. The van der Waals surface area contributed by atoms with Gasteiger partial charge in [0.05, 0.1) is 5.92 Å². The topological polar surface area (TPSA) is 86.8 Å². The first-order chi connectivity index (χ1) is 12.6. The van der Waals surface area contributed by atoms with Gasteiger partial charge in [-0.1, -0.05) is 6.07 Å². The van der Waals surface area contributed by atoms with Gasteiger partial charge in [-0.3, -0.25) is 9.59 Å². The Balaban J connectivity index is 1.54. The fourth-order valence-corrected chi connectivity index (χ4v) is 6.01. The minimum absolute atomic E-state index is 0.00895. The van der Waals surface area contributed by atoms with Crippen LogP contribution in [0.5, 0.6) is 0 Å². The van der Waals surface area contributed by atoms with Crippen molar-refractivity contribution in [2.24, 2.45) is 5.92 Å². The number of sulfonamides is 1. The lowest BCUT2D eigenvalue weighted by molar-refractivity contribution is -0.136. The highest BCUT2D eigenvalue weighted by molar-refractivity contribution is 7.91. The molecule has 0 aromatic carbocycles. The fourth-order valence-electron chi connectivity index (χ4n) is 3.69. The molecule has 0 aliphatic carbocycles. The molecule has 2 amide bonds. The lowest BCUT2D eigenvalue weighted by Gasteiger charge is -2.34. The average molecular weight is 414 g/mol. The SMILES string of the molecule is CC(C)(C)N1CC(C(=O)N2CCC(NS(=O)(=O)c3cccs3)CC2)CC1=O. The molecule has 3 rings (SSSR count). The molecule has 1 atom stereocenters. The molecule has 2 saturated heterocycles. The van der Waals surface area contributed by atoms with Crippen LogP contribution in [0.25, 0.3) is 0 Å². The van der Waals surface area contributed by atoms with Crippen molar-refractivity contribution in [3.05, 3.63) is 17.5 Å². The quantitative estimate of drug-likeness (QED) is 0.813. The summed E-state index contributed by atoms with van der Waals surface area (Å²) in [6, 6.07) is 3.13. The number of hydrogen-bond acceptors (Lipinski definition) is 5. The van der Waals surface area contributed by atoms with E-state index in [1.807, 2.05) is 20.8 Å². The standard InChI is InChI=1S/C18H27N3O4S2/c1-18(2,3)21-12-13(11-15(21)22)17(23)20-8-6-14(7-9-20)19-27(24,25)16-5-4-10-26-16/h4-5,10,13-14,19H,6-9,11-12H2,1-3H3. The van der Waals surface area contributed by atoms with Gasteiger partial charge in [-0.2, -0.15) is 0 Å². The lowest BCUT2D eigenvalue weighted by Crippen LogP contribution is -2.48. The summed E-state index contributed by atoms with van der Waals surface area (Å²) in [6.45, 7) is 7.41. The van der Waals surface area contributed by atoms with Gasteiger partial charge in [0.1, 0.15) is 4.21 Å². The highest BCUT2D eigenvalue weighted by atomic mass is 32.2. The van der Waals surface area contributed by atoms with Crippen molar-refractivity contribution in [2.45, 2.75) is 55.8 Å². The predicted molar refractivity (Wildman–Crippen MR) is 104 cm³/mol. The molecule has 3 heterocycles. The number of carbonyl (C=O) groups excluding carboxylic acids is 2. The van der Waals surface area contributed by atoms with Crippen LogP contribution >= 0.6 is 11.3 Å². The Kier molecular flexibility index (Phi) is 5.65. The Labute approximate surface area is 164 Å². The number of rotatable bonds is 4. The van der Waals surface area contributed by atoms with E-state index in [-0.39, 0.29) is 35.7 Å². The molecule has 1 aromatic heterocycles. The number of carbonyl (C=O) groups is 2. The fraction of sp³-hybridized carbons (Fsp3) is 0.667. The van der Waals surface area contributed by atoms with E-state index in [4.69, 9.17) is 0 Å². The van der Waals surface area contributed by atoms with Crippen molar-refractivity contribution in [3.8, 4) is 0 Å². The maximum Gasteiger partial charge on any atom is 0.250 e. The normalized spacial score (nSPS) is 22.5. The van der Waals surface area contributed by atoms with E-state index < -0.39 is 10.0 Å². The Morgan fingerprint density at radius 3 is 2.44 bits per heavy atom. The molecule has 2 fully saturated rings. The second kappa shape index (κ2) is 7.52. The maximum atomic E-state index is 12.8. The third-order valence-electron chi connectivity index (χ3n) is 5.17. The van der Waals surface area contributed by atoms with Crippen LogP contribution in [0.1, 0.15) is 40.0 Å². The molecule has 1 unspecified atom stereocenters. The van der Waals surface area contributed by atoms with Crippen molar-refractivity contribution in [1.29, 1.82) is 0 Å². The summed E-state index contributed by atoms with van der Waals surface area (Å²) >= 11 is 1.19. The van der Waals surface area contributed by atoms with E-state index in [1.54, 1.807) is 27.3 Å². The molecule has 0 bridgehead atoms. The van der Waals surface area contributed by atoms with Gasteiger partial charge in [-0.25, -0.2) is 13.1 Å². The summed E-state index contributed by atoms with van der Waals surface area (Å²) in [5.74, 6) is -0.259. The van der Waals surface area contributed by atoms with Gasteiger partial charge in [0, 0.05) is 37.6 Å². The summed E-state index contributed by atoms with van der Waals surface area (Å²) in [7, 11) is -3.49. The smallest absolute Gasteiger partial charge is 0.250 e. The summed E-state index contributed by atoms with van der Waals surface area (Å²) in [4.78, 5) is 28.6. The van der Waals surface area contributed by atoms with Crippen LogP contribution in [-0.2, 0) is 19.6 Å². The van der Waals surface area contributed by atoms with E-state index >= 15 is 0 Å². The van der Waals surface area contributed by atoms with Crippen LogP contribution in [-0.4, -0.2) is 61.2 Å². The van der Waals surface area contributed by atoms with Crippen molar-refractivity contribution in [2.75, 3.05) is 19.6 Å². The third kappa shape index (κ3) is 4.52. The van der Waals surface area contributed by atoms with Gasteiger partial charge in [0.2, 0.25) is 21.8 Å². The van der Waals surface area contributed by atoms with E-state index in [9.17, 15) is 18.0 Å². The summed E-state index contributed by atoms with van der Waals surface area (Å²) < 4.78 is 27.7. The van der Waals surface area contributed by atoms with E-state index in [0.29, 0.717) is 36.7 Å². The van der Waals surface area contributed by atoms with E-state index in [0.717, 1.165) is 0 Å². The highest BCUT2D eigenvalue weighted by Gasteiger charge is 2.41. The van der Waals surface area contributed by atoms with Gasteiger partial charge in [-0.15, -0.1) is 11.3 Å². The largest absolute Gasteiger partial charge is 0.342 e. The van der Waals surface area contributed by atoms with Crippen LogP contribution < -0.4 is 4.72 Å². The Bertz CT molecular complexity index is 791. The summed E-state index contributed by atoms with van der Waals surface area (Å²) in [5.41, 5.74) is -0.279. The molecular weight excluding hydrogens is 386 g/mol. The monoisotopic (exact) mass is 413 g/mol. The highest BCUT2D eigenvalue weighted by Crippen LogP contribution is 2.28. The number of nitrogens with zero attached hydrogens (tertiary/aromatic N) is 2. The van der Waals surface area contributed by atoms with Crippen LogP contribution in [0, 0.1) is 5.92 Å². The zero-order chi connectivity index (χ0) is 19.8. The molecule has 2 aliphatic heterocycles. The lowest BCUT2D eigenvalue weighted by atomic mass is 10.0. The van der Waals surface area contributed by atoms with Crippen LogP contribution in [0.15, 0.2) is 21.7 Å². The maximum absolute atomic E-state index is 12.8. The number of nitrogens with one attached hydrogen (secondary N) is 1. The zero-order valence-corrected chi connectivity index (χ0v) is 17.6. The number of hydrogen-bond donors (Lipinski definition) is 1. The molecule has 27 heavy (non-hydrogen) atoms. The second-order valence-corrected chi connectivity index (χ2v) is 11.1. The minimum Gasteiger partial charge on any atom is -0.342 e. The van der Waals surface area contributed by atoms with E-state index in [2.05, 4.69) is 4.72 Å². The molecular formula is C18H27N3O4S2. The average Bonchev–Trinajstić information content (AvgIpc) is 3.24. The summed E-state index contributed by atoms with van der Waals surface area (Å²) in [5, 5.41) is 1.74. The first-order valence-corrected chi connectivity index (χ1v) is 11.6. The Morgan fingerprint density at radius 1 is 1.26 bits per heavy atom. The van der Waals surface area contributed by atoms with Gasteiger partial charge >= 0.3 is 0 Å². The summed E-state index contributed by atoms with van der Waals surface area (Å²) in [6.07, 6.45) is 1.43. The van der Waals surface area contributed by atoms with Crippen LogP contribution in [0.3, 0.4) is 0 Å². The molecule has 7 nitrogen and oxygen atoms in total. The molecule has 150 valence electrons. The van der Waals surface area contributed by atoms with Crippen LogP contribution in [0.4, 0.5) is 0 Å². The molecule has 1 N–H and O–H groups in total. The van der Waals surface area contributed by atoms with Crippen molar-refractivity contribution >= 4 is 33.2 Å². The first-order valence-electron chi connectivity index (χ1n) is 9.23. The Morgan fingerprint density at radius 2 is 1.93 bits per heavy atom. The zero-order valence-electron chi connectivity index (χ0n) is 16.0. The van der Waals surface area contributed by atoms with Crippen molar-refractivity contribution < 1.29 is 18.0 Å². The van der Waals surface area contributed by atoms with Gasteiger partial charge in [0.15, 0.2) is 0 Å². The molecule has 2 aliphatic rings. The van der Waals surface area contributed by atoms with Crippen LogP contribution in [0.2, 0.25) is 0 Å². The molecule has 0 saturated carbocycles. The van der Waals surface area contributed by atoms with Crippen molar-refractivity contribution in [1.82, 2.24) is 14.5 Å². The van der Waals surface area contributed by atoms with Gasteiger partial charge < -0.3 is 9.80 Å². The predicted octanol–water partition coefficient (Wildman–Crippen LogP) is 1.66. The van der Waals surface area contributed by atoms with E-state index in [1.165, 1.54) is 11.3 Å². The number of piperidine rings is 1. The number of likely N-dealkylation sites (tertiary alicyclic amines) is 2. The number of amides is 2. The molecule has 0 radical (unpaired) electrons. The Hall–Kier alpha value is -1.45. The molecule has 0 spiro atoms. The van der Waals surface area contributed by atoms with Crippen molar-refractivity contribution in [3.63, 3.8) is 0 Å². The second-order valence-electron chi connectivity index (χ2n) is 8.23. The van der Waals surface area contributed by atoms with Gasteiger partial charge in [-0.05, 0) is 45.1 Å². The molecule has 1 aromatic rings. The first kappa shape index (κ1) is 20.3. The number of thiophene rings is 1.